The van der Waals surface area contributed by atoms with E-state index < -0.39 is 5.97 Å². The van der Waals surface area contributed by atoms with Crippen LogP contribution in [0.25, 0.3) is 0 Å². The Bertz CT molecular complexity index is 236. The minimum absolute atomic E-state index is 0.332. The summed E-state index contributed by atoms with van der Waals surface area (Å²) in [4.78, 5) is 11.3. The Morgan fingerprint density at radius 1 is 1.50 bits per heavy atom. The van der Waals surface area contributed by atoms with Crippen molar-refractivity contribution in [2.45, 2.75) is 51.9 Å². The third kappa shape index (κ3) is 1.55. The summed E-state index contributed by atoms with van der Waals surface area (Å²) in [7, 11) is 0. The largest absolute Gasteiger partial charge is 0.481 e. The molecule has 2 nitrogen and oxygen atoms in total. The Kier molecular flexibility index (Phi) is 2.54. The second-order valence-electron chi connectivity index (χ2n) is 5.26. The first-order valence-corrected chi connectivity index (χ1v) is 5.89. The van der Waals surface area contributed by atoms with Gasteiger partial charge in [0.1, 0.15) is 0 Å². The highest BCUT2D eigenvalue weighted by Gasteiger charge is 2.47. The van der Waals surface area contributed by atoms with E-state index >= 15 is 0 Å². The molecule has 2 bridgehead atoms. The van der Waals surface area contributed by atoms with E-state index in [1.54, 1.807) is 0 Å². The van der Waals surface area contributed by atoms with E-state index in [4.69, 9.17) is 0 Å². The summed E-state index contributed by atoms with van der Waals surface area (Å²) in [5.41, 5.74) is -0.332. The van der Waals surface area contributed by atoms with E-state index in [9.17, 15) is 9.90 Å². The summed E-state index contributed by atoms with van der Waals surface area (Å²) < 4.78 is 0. The number of rotatable bonds is 2. The van der Waals surface area contributed by atoms with Crippen molar-refractivity contribution in [1.82, 2.24) is 0 Å². The standard InChI is InChI=1S/C12H20O2/c1-2-9-6-10-4-3-5-12(7-9,8-10)11(13)14/h9-10H,2-8H2,1H3,(H,13,14). The fourth-order valence-electron chi connectivity index (χ4n) is 3.57. The van der Waals surface area contributed by atoms with Crippen LogP contribution in [0.1, 0.15) is 51.9 Å². The van der Waals surface area contributed by atoms with Crippen molar-refractivity contribution in [2.75, 3.05) is 0 Å². The molecule has 2 aliphatic rings. The molecule has 0 amide bonds. The second-order valence-corrected chi connectivity index (χ2v) is 5.26. The summed E-state index contributed by atoms with van der Waals surface area (Å²) in [6.07, 6.45) is 7.67. The molecule has 1 N–H and O–H groups in total. The molecule has 2 fully saturated rings. The van der Waals surface area contributed by atoms with Crippen LogP contribution >= 0.6 is 0 Å². The van der Waals surface area contributed by atoms with Crippen molar-refractivity contribution in [3.05, 3.63) is 0 Å². The molecule has 0 radical (unpaired) electrons. The lowest BCUT2D eigenvalue weighted by Gasteiger charge is -2.45. The molecule has 0 aromatic heterocycles. The fraction of sp³-hybridized carbons (Fsp3) is 0.917. The molecular weight excluding hydrogens is 176 g/mol. The monoisotopic (exact) mass is 196 g/mol. The summed E-state index contributed by atoms with van der Waals surface area (Å²) in [5.74, 6) is 0.851. The Morgan fingerprint density at radius 2 is 2.29 bits per heavy atom. The molecule has 0 saturated heterocycles. The molecule has 2 aliphatic carbocycles. The Balaban J connectivity index is 2.17. The maximum atomic E-state index is 11.3. The van der Waals surface area contributed by atoms with Gasteiger partial charge in [0.15, 0.2) is 0 Å². The summed E-state index contributed by atoms with van der Waals surface area (Å²) in [6.45, 7) is 2.20. The van der Waals surface area contributed by atoms with Gasteiger partial charge in [0.25, 0.3) is 0 Å². The van der Waals surface area contributed by atoms with Crippen molar-refractivity contribution in [3.63, 3.8) is 0 Å². The van der Waals surface area contributed by atoms with Gasteiger partial charge in [0.05, 0.1) is 5.41 Å². The second kappa shape index (κ2) is 3.56. The van der Waals surface area contributed by atoms with Crippen LogP contribution in [0.15, 0.2) is 0 Å². The number of carboxylic acids is 1. The van der Waals surface area contributed by atoms with Gasteiger partial charge in [-0.1, -0.05) is 26.2 Å². The van der Waals surface area contributed by atoms with Crippen molar-refractivity contribution in [3.8, 4) is 0 Å². The molecule has 0 aromatic carbocycles. The Hall–Kier alpha value is -0.530. The van der Waals surface area contributed by atoms with Crippen LogP contribution in [0, 0.1) is 17.3 Å². The van der Waals surface area contributed by atoms with E-state index in [2.05, 4.69) is 6.92 Å². The normalized spacial score (nSPS) is 42.1. The highest BCUT2D eigenvalue weighted by atomic mass is 16.4. The molecule has 14 heavy (non-hydrogen) atoms. The van der Waals surface area contributed by atoms with Crippen molar-refractivity contribution < 1.29 is 9.90 Å². The van der Waals surface area contributed by atoms with Crippen LogP contribution in [0.2, 0.25) is 0 Å². The quantitative estimate of drug-likeness (QED) is 0.737. The first-order chi connectivity index (χ1) is 6.66. The number of carbonyl (C=O) groups is 1. The minimum Gasteiger partial charge on any atom is -0.481 e. The SMILES string of the molecule is CCC1CC2CCCC(C(=O)O)(C1)C2. The summed E-state index contributed by atoms with van der Waals surface area (Å²) >= 11 is 0. The van der Waals surface area contributed by atoms with Gasteiger partial charge in [-0.15, -0.1) is 0 Å². The third-order valence-electron chi connectivity index (χ3n) is 4.32. The van der Waals surface area contributed by atoms with E-state index in [0.29, 0.717) is 11.8 Å². The first kappa shape index (κ1) is 10.0. The van der Waals surface area contributed by atoms with Gasteiger partial charge in [0, 0.05) is 0 Å². The minimum atomic E-state index is -0.527. The molecule has 80 valence electrons. The highest BCUT2D eigenvalue weighted by molar-refractivity contribution is 5.75. The highest BCUT2D eigenvalue weighted by Crippen LogP contribution is 2.51. The average molecular weight is 196 g/mol. The summed E-state index contributed by atoms with van der Waals surface area (Å²) in [5, 5.41) is 9.35. The fourth-order valence-corrected chi connectivity index (χ4v) is 3.57. The van der Waals surface area contributed by atoms with Gasteiger partial charge in [-0.25, -0.2) is 0 Å². The van der Waals surface area contributed by atoms with Gasteiger partial charge in [-0.3, -0.25) is 4.79 Å². The zero-order valence-corrected chi connectivity index (χ0v) is 8.96. The zero-order valence-electron chi connectivity index (χ0n) is 8.96. The van der Waals surface area contributed by atoms with Crippen molar-refractivity contribution >= 4 is 5.97 Å². The van der Waals surface area contributed by atoms with Crippen LogP contribution < -0.4 is 0 Å². The van der Waals surface area contributed by atoms with Crippen LogP contribution in [0.3, 0.4) is 0 Å². The molecule has 2 saturated carbocycles. The molecule has 2 rings (SSSR count). The summed E-state index contributed by atoms with van der Waals surface area (Å²) in [6, 6.07) is 0. The number of hydrogen-bond acceptors (Lipinski definition) is 1. The smallest absolute Gasteiger partial charge is 0.309 e. The lowest BCUT2D eigenvalue weighted by molar-refractivity contribution is -0.156. The molecule has 3 atom stereocenters. The van der Waals surface area contributed by atoms with Gasteiger partial charge in [0.2, 0.25) is 0 Å². The lowest BCUT2D eigenvalue weighted by atomic mass is 9.58. The maximum absolute atomic E-state index is 11.3. The molecule has 2 heteroatoms. The number of aliphatic carboxylic acids is 1. The first-order valence-electron chi connectivity index (χ1n) is 5.89. The lowest BCUT2D eigenvalue weighted by Crippen LogP contribution is -2.42. The maximum Gasteiger partial charge on any atom is 0.309 e. The molecule has 0 aliphatic heterocycles. The molecule has 3 unspecified atom stereocenters. The van der Waals surface area contributed by atoms with Crippen LogP contribution in [-0.4, -0.2) is 11.1 Å². The molecule has 0 spiro atoms. The van der Waals surface area contributed by atoms with Crippen LogP contribution in [-0.2, 0) is 4.79 Å². The zero-order chi connectivity index (χ0) is 10.2. The van der Waals surface area contributed by atoms with E-state index in [1.807, 2.05) is 0 Å². The van der Waals surface area contributed by atoms with E-state index in [0.717, 1.165) is 32.1 Å². The predicted molar refractivity (Wildman–Crippen MR) is 55.0 cm³/mol. The van der Waals surface area contributed by atoms with E-state index in [-0.39, 0.29) is 5.41 Å². The topological polar surface area (TPSA) is 37.3 Å². The Morgan fingerprint density at radius 3 is 2.93 bits per heavy atom. The van der Waals surface area contributed by atoms with Gasteiger partial charge >= 0.3 is 5.97 Å². The number of fused-ring (bicyclic) bond motifs is 2. The van der Waals surface area contributed by atoms with Gasteiger partial charge in [-0.05, 0) is 37.5 Å². The number of hydrogen-bond donors (Lipinski definition) is 1. The third-order valence-corrected chi connectivity index (χ3v) is 4.32. The van der Waals surface area contributed by atoms with Crippen LogP contribution in [0.4, 0.5) is 0 Å². The Labute approximate surface area is 85.7 Å². The number of carboxylic acid groups (broad SMARTS) is 1. The molecule has 0 heterocycles. The predicted octanol–water partition coefficient (Wildman–Crippen LogP) is 3.07. The van der Waals surface area contributed by atoms with Gasteiger partial charge in [-0.2, -0.15) is 0 Å². The average Bonchev–Trinajstić information content (AvgIpc) is 2.17. The van der Waals surface area contributed by atoms with Crippen molar-refractivity contribution in [1.29, 1.82) is 0 Å². The molecule has 0 aromatic rings. The van der Waals surface area contributed by atoms with E-state index in [1.165, 1.54) is 12.8 Å². The van der Waals surface area contributed by atoms with Crippen molar-refractivity contribution in [2.24, 2.45) is 17.3 Å². The van der Waals surface area contributed by atoms with Gasteiger partial charge < -0.3 is 5.11 Å². The molecular formula is C12H20O2. The van der Waals surface area contributed by atoms with Crippen LogP contribution in [0.5, 0.6) is 0 Å².